The molecule has 0 spiro atoms. The zero-order valence-corrected chi connectivity index (χ0v) is 14.6. The van der Waals surface area contributed by atoms with E-state index in [-0.39, 0.29) is 16.4 Å². The number of sulfonamides is 1. The van der Waals surface area contributed by atoms with Crippen LogP contribution in [0.5, 0.6) is 0 Å². The van der Waals surface area contributed by atoms with Gasteiger partial charge in [0, 0.05) is 19.7 Å². The van der Waals surface area contributed by atoms with Gasteiger partial charge in [0.15, 0.2) is 0 Å². The second-order valence-electron chi connectivity index (χ2n) is 5.61. The van der Waals surface area contributed by atoms with Crippen LogP contribution >= 0.6 is 0 Å². The van der Waals surface area contributed by atoms with E-state index in [0.29, 0.717) is 31.9 Å². The van der Waals surface area contributed by atoms with Crippen LogP contribution in [0.3, 0.4) is 0 Å². The third-order valence-corrected chi connectivity index (χ3v) is 6.23. The summed E-state index contributed by atoms with van der Waals surface area (Å²) in [6.45, 7) is 5.52. The lowest BCUT2D eigenvalue weighted by Crippen LogP contribution is -2.36. The van der Waals surface area contributed by atoms with E-state index in [1.165, 1.54) is 17.5 Å². The van der Waals surface area contributed by atoms with Gasteiger partial charge in [-0.3, -0.25) is 0 Å². The Labute approximate surface area is 137 Å². The van der Waals surface area contributed by atoms with Crippen LogP contribution < -0.4 is 0 Å². The van der Waals surface area contributed by atoms with Gasteiger partial charge in [-0.25, -0.2) is 13.2 Å². The standard InChI is InChI=1S/C16H23NO5S/c1-4-17(10-13-8-9-22-11-13)23(19,20)15-7-5-6-14(12(15)2)16(18)21-3/h5-7,13H,4,8-11H2,1-3H3. The highest BCUT2D eigenvalue weighted by molar-refractivity contribution is 7.89. The van der Waals surface area contributed by atoms with Gasteiger partial charge in [0.2, 0.25) is 10.0 Å². The van der Waals surface area contributed by atoms with Gasteiger partial charge in [0.1, 0.15) is 0 Å². The molecule has 0 bridgehead atoms. The lowest BCUT2D eigenvalue weighted by molar-refractivity contribution is 0.0599. The summed E-state index contributed by atoms with van der Waals surface area (Å²) in [5.74, 6) is -0.319. The topological polar surface area (TPSA) is 72.9 Å². The number of methoxy groups -OCH3 is 1. The molecule has 1 aliphatic heterocycles. The van der Waals surface area contributed by atoms with E-state index in [9.17, 15) is 13.2 Å². The molecule has 1 fully saturated rings. The van der Waals surface area contributed by atoms with E-state index in [4.69, 9.17) is 9.47 Å². The van der Waals surface area contributed by atoms with Gasteiger partial charge in [-0.2, -0.15) is 4.31 Å². The lowest BCUT2D eigenvalue weighted by Gasteiger charge is -2.24. The highest BCUT2D eigenvalue weighted by Gasteiger charge is 2.30. The fourth-order valence-corrected chi connectivity index (χ4v) is 4.55. The van der Waals surface area contributed by atoms with Crippen molar-refractivity contribution in [1.29, 1.82) is 0 Å². The molecule has 1 aromatic carbocycles. The fourth-order valence-electron chi connectivity index (χ4n) is 2.78. The molecular weight excluding hydrogens is 318 g/mol. The highest BCUT2D eigenvalue weighted by atomic mass is 32.2. The molecule has 1 saturated heterocycles. The average molecular weight is 341 g/mol. The Balaban J connectivity index is 2.35. The van der Waals surface area contributed by atoms with E-state index in [1.807, 2.05) is 6.92 Å². The first-order valence-electron chi connectivity index (χ1n) is 7.67. The van der Waals surface area contributed by atoms with Gasteiger partial charge in [-0.05, 0) is 37.0 Å². The predicted molar refractivity (Wildman–Crippen MR) is 85.9 cm³/mol. The monoisotopic (exact) mass is 341 g/mol. The molecule has 2 rings (SSSR count). The summed E-state index contributed by atoms with van der Waals surface area (Å²) in [6, 6.07) is 4.67. The molecular formula is C16H23NO5S. The number of rotatable bonds is 6. The van der Waals surface area contributed by atoms with E-state index >= 15 is 0 Å². The van der Waals surface area contributed by atoms with Crippen LogP contribution in [0.4, 0.5) is 0 Å². The Bertz CT molecular complexity index is 665. The van der Waals surface area contributed by atoms with Crippen LogP contribution in [-0.2, 0) is 19.5 Å². The molecule has 0 amide bonds. The van der Waals surface area contributed by atoms with E-state index in [0.717, 1.165) is 6.42 Å². The molecule has 1 aliphatic rings. The average Bonchev–Trinajstić information content (AvgIpc) is 3.04. The summed E-state index contributed by atoms with van der Waals surface area (Å²) in [4.78, 5) is 11.9. The van der Waals surface area contributed by atoms with Crippen LogP contribution in [0.2, 0.25) is 0 Å². The normalized spacial score (nSPS) is 18.3. The van der Waals surface area contributed by atoms with Gasteiger partial charge in [-0.15, -0.1) is 0 Å². The highest BCUT2D eigenvalue weighted by Crippen LogP contribution is 2.25. The molecule has 0 radical (unpaired) electrons. The minimum Gasteiger partial charge on any atom is -0.465 e. The van der Waals surface area contributed by atoms with Gasteiger partial charge in [0.05, 0.1) is 24.2 Å². The van der Waals surface area contributed by atoms with Crippen molar-refractivity contribution < 1.29 is 22.7 Å². The van der Waals surface area contributed by atoms with Crippen molar-refractivity contribution in [2.75, 3.05) is 33.4 Å². The number of benzene rings is 1. The molecule has 0 N–H and O–H groups in total. The smallest absolute Gasteiger partial charge is 0.338 e. The first kappa shape index (κ1) is 17.9. The first-order chi connectivity index (χ1) is 10.9. The summed E-state index contributed by atoms with van der Waals surface area (Å²) in [5, 5.41) is 0. The number of hydrogen-bond donors (Lipinski definition) is 0. The van der Waals surface area contributed by atoms with Crippen molar-refractivity contribution in [3.05, 3.63) is 29.3 Å². The van der Waals surface area contributed by atoms with Crippen LogP contribution in [0, 0.1) is 12.8 Å². The molecule has 23 heavy (non-hydrogen) atoms. The molecule has 1 aromatic rings. The minimum atomic E-state index is -3.66. The number of nitrogens with zero attached hydrogens (tertiary/aromatic N) is 1. The zero-order valence-electron chi connectivity index (χ0n) is 13.7. The predicted octanol–water partition coefficient (Wildman–Crippen LogP) is 1.83. The van der Waals surface area contributed by atoms with Gasteiger partial charge >= 0.3 is 5.97 Å². The van der Waals surface area contributed by atoms with Gasteiger partial charge < -0.3 is 9.47 Å². The number of carbonyl (C=O) groups excluding carboxylic acids is 1. The van der Waals surface area contributed by atoms with Crippen molar-refractivity contribution in [2.45, 2.75) is 25.2 Å². The molecule has 1 atom stereocenters. The van der Waals surface area contributed by atoms with E-state index < -0.39 is 16.0 Å². The summed E-state index contributed by atoms with van der Waals surface area (Å²) in [6.07, 6.45) is 0.868. The maximum atomic E-state index is 13.0. The van der Waals surface area contributed by atoms with Crippen molar-refractivity contribution in [1.82, 2.24) is 4.31 Å². The molecule has 0 saturated carbocycles. The fraction of sp³-hybridized carbons (Fsp3) is 0.562. The third-order valence-electron chi connectivity index (χ3n) is 4.15. The molecule has 0 aromatic heterocycles. The van der Waals surface area contributed by atoms with Crippen molar-refractivity contribution >= 4 is 16.0 Å². The quantitative estimate of drug-likeness (QED) is 0.738. The van der Waals surface area contributed by atoms with E-state index in [1.54, 1.807) is 19.1 Å². The second kappa shape index (κ2) is 7.42. The molecule has 1 heterocycles. The molecule has 1 unspecified atom stereocenters. The summed E-state index contributed by atoms with van der Waals surface area (Å²) >= 11 is 0. The number of hydrogen-bond acceptors (Lipinski definition) is 5. The minimum absolute atomic E-state index is 0.154. The SMILES string of the molecule is CCN(CC1CCOC1)S(=O)(=O)c1cccc(C(=O)OC)c1C. The summed E-state index contributed by atoms with van der Waals surface area (Å²) in [5.41, 5.74) is 0.689. The maximum absolute atomic E-state index is 13.0. The summed E-state index contributed by atoms with van der Waals surface area (Å²) < 4.78 is 37.4. The maximum Gasteiger partial charge on any atom is 0.338 e. The van der Waals surface area contributed by atoms with Crippen molar-refractivity contribution in [2.24, 2.45) is 5.92 Å². The van der Waals surface area contributed by atoms with E-state index in [2.05, 4.69) is 0 Å². The Morgan fingerprint density at radius 1 is 1.43 bits per heavy atom. The number of esters is 1. The Morgan fingerprint density at radius 2 is 2.17 bits per heavy atom. The Hall–Kier alpha value is -1.44. The molecule has 128 valence electrons. The van der Waals surface area contributed by atoms with Gasteiger partial charge in [0.25, 0.3) is 0 Å². The van der Waals surface area contributed by atoms with Crippen LogP contribution in [0.1, 0.15) is 29.3 Å². The Kier molecular flexibility index (Phi) is 5.78. The van der Waals surface area contributed by atoms with Gasteiger partial charge in [-0.1, -0.05) is 13.0 Å². The largest absolute Gasteiger partial charge is 0.465 e. The van der Waals surface area contributed by atoms with Crippen molar-refractivity contribution in [3.63, 3.8) is 0 Å². The molecule has 7 heteroatoms. The zero-order chi connectivity index (χ0) is 17.0. The summed E-state index contributed by atoms with van der Waals surface area (Å²) in [7, 11) is -2.38. The number of carbonyl (C=O) groups is 1. The molecule has 6 nitrogen and oxygen atoms in total. The van der Waals surface area contributed by atoms with Crippen LogP contribution in [0.15, 0.2) is 23.1 Å². The van der Waals surface area contributed by atoms with Crippen LogP contribution in [0.25, 0.3) is 0 Å². The lowest BCUT2D eigenvalue weighted by atomic mass is 10.1. The van der Waals surface area contributed by atoms with Crippen molar-refractivity contribution in [3.8, 4) is 0 Å². The Morgan fingerprint density at radius 3 is 2.74 bits per heavy atom. The first-order valence-corrected chi connectivity index (χ1v) is 9.11. The van der Waals surface area contributed by atoms with Crippen LogP contribution in [-0.4, -0.2) is 52.1 Å². The second-order valence-corrected chi connectivity index (χ2v) is 7.51. The number of ether oxygens (including phenoxy) is 2. The molecule has 0 aliphatic carbocycles. The third kappa shape index (κ3) is 3.73.